The summed E-state index contributed by atoms with van der Waals surface area (Å²) in [6, 6.07) is -0.0729. The number of carbonyl (C=O) groups is 1. The minimum atomic E-state index is -0.158. The fraction of sp³-hybridized carbons (Fsp3) is 0.929. The van der Waals surface area contributed by atoms with E-state index >= 15 is 0 Å². The molecule has 2 rings (SSSR count). The van der Waals surface area contributed by atoms with Crippen LogP contribution in [0.1, 0.15) is 46.5 Å². The Labute approximate surface area is 110 Å². The molecule has 2 saturated heterocycles. The van der Waals surface area contributed by atoms with Gasteiger partial charge in [-0.3, -0.25) is 4.79 Å². The van der Waals surface area contributed by atoms with Crippen molar-refractivity contribution in [3.05, 3.63) is 0 Å². The minimum absolute atomic E-state index is 0.0414. The van der Waals surface area contributed by atoms with E-state index in [1.165, 1.54) is 0 Å². The zero-order valence-corrected chi connectivity index (χ0v) is 11.8. The molecule has 4 heteroatoms. The van der Waals surface area contributed by atoms with Crippen molar-refractivity contribution in [2.45, 2.75) is 58.1 Å². The summed E-state index contributed by atoms with van der Waals surface area (Å²) < 4.78 is 5.70. The van der Waals surface area contributed by atoms with E-state index in [0.717, 1.165) is 38.8 Å². The lowest BCUT2D eigenvalue weighted by molar-refractivity contribution is -0.128. The molecule has 2 aliphatic rings. The molecule has 4 nitrogen and oxygen atoms in total. The number of hydrogen-bond acceptors (Lipinski definition) is 3. The maximum Gasteiger partial charge on any atom is 0.237 e. The average molecular weight is 254 g/mol. The first kappa shape index (κ1) is 13.8. The van der Waals surface area contributed by atoms with E-state index in [4.69, 9.17) is 4.74 Å². The SMILES string of the molecule is CC1(CNC(=O)C2NCCCC2(C)C)CCCO1. The highest BCUT2D eigenvalue weighted by Gasteiger charge is 2.38. The fourth-order valence-electron chi connectivity index (χ4n) is 3.01. The molecule has 2 aliphatic heterocycles. The Hall–Kier alpha value is -0.610. The average Bonchev–Trinajstić information content (AvgIpc) is 2.73. The molecule has 2 unspecified atom stereocenters. The van der Waals surface area contributed by atoms with Gasteiger partial charge >= 0.3 is 0 Å². The van der Waals surface area contributed by atoms with E-state index in [2.05, 4.69) is 31.4 Å². The lowest BCUT2D eigenvalue weighted by Crippen LogP contribution is -2.57. The highest BCUT2D eigenvalue weighted by Crippen LogP contribution is 2.30. The summed E-state index contributed by atoms with van der Waals surface area (Å²) >= 11 is 0. The summed E-state index contributed by atoms with van der Waals surface area (Å²) in [5.41, 5.74) is -0.117. The Bertz CT molecular complexity index is 309. The predicted octanol–water partition coefficient (Wildman–Crippen LogP) is 1.45. The Morgan fingerprint density at radius 2 is 2.11 bits per heavy atom. The standard InChI is InChI=1S/C14H26N2O2/c1-13(2)6-4-8-15-11(13)12(17)16-10-14(3)7-5-9-18-14/h11,15H,4-10H2,1-3H3,(H,16,17). The van der Waals surface area contributed by atoms with Crippen LogP contribution in [0.2, 0.25) is 0 Å². The number of amides is 1. The number of piperidine rings is 1. The first-order valence-corrected chi connectivity index (χ1v) is 7.08. The molecule has 0 aromatic carbocycles. The Balaban J connectivity index is 1.87. The second kappa shape index (κ2) is 5.17. The topological polar surface area (TPSA) is 50.4 Å². The van der Waals surface area contributed by atoms with Gasteiger partial charge in [0.15, 0.2) is 0 Å². The summed E-state index contributed by atoms with van der Waals surface area (Å²) in [6.07, 6.45) is 4.39. The van der Waals surface area contributed by atoms with Gasteiger partial charge in [0.05, 0.1) is 11.6 Å². The molecule has 104 valence electrons. The molecule has 18 heavy (non-hydrogen) atoms. The maximum absolute atomic E-state index is 12.3. The van der Waals surface area contributed by atoms with Crippen LogP contribution in [0.3, 0.4) is 0 Å². The van der Waals surface area contributed by atoms with E-state index in [9.17, 15) is 4.79 Å². The lowest BCUT2D eigenvalue weighted by atomic mass is 9.77. The largest absolute Gasteiger partial charge is 0.373 e. The van der Waals surface area contributed by atoms with E-state index in [1.54, 1.807) is 0 Å². The van der Waals surface area contributed by atoms with Crippen molar-refractivity contribution in [3.63, 3.8) is 0 Å². The lowest BCUT2D eigenvalue weighted by Gasteiger charge is -2.38. The maximum atomic E-state index is 12.3. The smallest absolute Gasteiger partial charge is 0.237 e. The highest BCUT2D eigenvalue weighted by molar-refractivity contribution is 5.82. The predicted molar refractivity (Wildman–Crippen MR) is 71.4 cm³/mol. The molecule has 0 radical (unpaired) electrons. The monoisotopic (exact) mass is 254 g/mol. The van der Waals surface area contributed by atoms with Crippen molar-refractivity contribution in [2.24, 2.45) is 5.41 Å². The molecule has 2 atom stereocenters. The molecule has 0 spiro atoms. The Morgan fingerprint density at radius 1 is 1.33 bits per heavy atom. The molecule has 1 amide bonds. The zero-order valence-electron chi connectivity index (χ0n) is 11.8. The van der Waals surface area contributed by atoms with E-state index in [1.807, 2.05) is 0 Å². The molecule has 0 aromatic rings. The van der Waals surface area contributed by atoms with Crippen molar-refractivity contribution < 1.29 is 9.53 Å². The normalized spacial score (nSPS) is 35.4. The molecule has 2 heterocycles. The van der Waals surface area contributed by atoms with Gasteiger partial charge in [-0.1, -0.05) is 13.8 Å². The van der Waals surface area contributed by atoms with Gasteiger partial charge in [0, 0.05) is 13.2 Å². The van der Waals surface area contributed by atoms with Crippen LogP contribution in [0, 0.1) is 5.41 Å². The van der Waals surface area contributed by atoms with E-state index in [-0.39, 0.29) is 23.0 Å². The van der Waals surface area contributed by atoms with E-state index < -0.39 is 0 Å². The summed E-state index contributed by atoms with van der Waals surface area (Å²) in [4.78, 5) is 12.3. The van der Waals surface area contributed by atoms with Crippen molar-refractivity contribution >= 4 is 5.91 Å². The minimum Gasteiger partial charge on any atom is -0.373 e. The van der Waals surface area contributed by atoms with Crippen molar-refractivity contribution in [3.8, 4) is 0 Å². The molecule has 0 saturated carbocycles. The third kappa shape index (κ3) is 3.04. The zero-order chi connectivity index (χ0) is 13.2. The third-order valence-corrected chi connectivity index (χ3v) is 4.33. The van der Waals surface area contributed by atoms with Crippen LogP contribution < -0.4 is 10.6 Å². The van der Waals surface area contributed by atoms with Crippen LogP contribution in [0.15, 0.2) is 0 Å². The summed E-state index contributed by atoms with van der Waals surface area (Å²) in [7, 11) is 0. The highest BCUT2D eigenvalue weighted by atomic mass is 16.5. The number of carbonyl (C=O) groups excluding carboxylic acids is 1. The van der Waals surface area contributed by atoms with Crippen LogP contribution in [-0.4, -0.2) is 37.2 Å². The third-order valence-electron chi connectivity index (χ3n) is 4.33. The van der Waals surface area contributed by atoms with Crippen LogP contribution in [0.5, 0.6) is 0 Å². The first-order chi connectivity index (χ1) is 8.43. The number of rotatable bonds is 3. The Morgan fingerprint density at radius 3 is 2.72 bits per heavy atom. The summed E-state index contributed by atoms with van der Waals surface area (Å²) in [5.74, 6) is 0.122. The molecular weight excluding hydrogens is 228 g/mol. The second-order valence-corrected chi connectivity index (χ2v) is 6.60. The first-order valence-electron chi connectivity index (χ1n) is 7.08. The molecular formula is C14H26N2O2. The van der Waals surface area contributed by atoms with Gasteiger partial charge in [0.25, 0.3) is 0 Å². The van der Waals surface area contributed by atoms with Gasteiger partial charge in [0.2, 0.25) is 5.91 Å². The van der Waals surface area contributed by atoms with Gasteiger partial charge in [-0.15, -0.1) is 0 Å². The van der Waals surface area contributed by atoms with Crippen LogP contribution in [-0.2, 0) is 9.53 Å². The summed E-state index contributed by atoms with van der Waals surface area (Å²) in [6.45, 7) is 8.79. The molecule has 0 aliphatic carbocycles. The molecule has 0 aromatic heterocycles. The second-order valence-electron chi connectivity index (χ2n) is 6.60. The van der Waals surface area contributed by atoms with Gasteiger partial charge in [0.1, 0.15) is 0 Å². The van der Waals surface area contributed by atoms with Crippen molar-refractivity contribution in [1.82, 2.24) is 10.6 Å². The van der Waals surface area contributed by atoms with Crippen LogP contribution in [0.25, 0.3) is 0 Å². The Kier molecular flexibility index (Phi) is 3.97. The fourth-order valence-corrected chi connectivity index (χ4v) is 3.01. The van der Waals surface area contributed by atoms with Crippen LogP contribution >= 0.6 is 0 Å². The quantitative estimate of drug-likeness (QED) is 0.801. The van der Waals surface area contributed by atoms with Gasteiger partial charge < -0.3 is 15.4 Å². The van der Waals surface area contributed by atoms with Crippen LogP contribution in [0.4, 0.5) is 0 Å². The van der Waals surface area contributed by atoms with E-state index in [0.29, 0.717) is 6.54 Å². The van der Waals surface area contributed by atoms with Gasteiger partial charge in [-0.2, -0.15) is 0 Å². The molecule has 0 bridgehead atoms. The number of hydrogen-bond donors (Lipinski definition) is 2. The van der Waals surface area contributed by atoms with Crippen molar-refractivity contribution in [1.29, 1.82) is 0 Å². The number of ether oxygens (including phenoxy) is 1. The molecule has 2 fully saturated rings. The van der Waals surface area contributed by atoms with Crippen molar-refractivity contribution in [2.75, 3.05) is 19.7 Å². The van der Waals surface area contributed by atoms with Gasteiger partial charge in [-0.05, 0) is 44.6 Å². The number of nitrogens with one attached hydrogen (secondary N) is 2. The summed E-state index contributed by atoms with van der Waals surface area (Å²) in [5, 5.41) is 6.41. The molecule has 2 N–H and O–H groups in total. The van der Waals surface area contributed by atoms with Gasteiger partial charge in [-0.25, -0.2) is 0 Å².